The van der Waals surface area contributed by atoms with Crippen LogP contribution in [0.15, 0.2) is 12.1 Å². The van der Waals surface area contributed by atoms with E-state index in [1.165, 1.54) is 0 Å². The van der Waals surface area contributed by atoms with Gasteiger partial charge in [0.15, 0.2) is 17.4 Å². The number of halogens is 3. The number of ketones is 1. The van der Waals surface area contributed by atoms with Gasteiger partial charge in [-0.05, 0) is 18.6 Å². The lowest BCUT2D eigenvalue weighted by Crippen LogP contribution is -2.33. The van der Waals surface area contributed by atoms with E-state index in [1.807, 2.05) is 0 Å². The lowest BCUT2D eigenvalue weighted by molar-refractivity contribution is 0.0955. The maximum atomic E-state index is 13.5. The van der Waals surface area contributed by atoms with Crippen LogP contribution in [0.2, 0.25) is 5.02 Å². The van der Waals surface area contributed by atoms with E-state index in [0.29, 0.717) is 0 Å². The number of nitrogens with two attached hydrogens (primary N) is 1. The van der Waals surface area contributed by atoms with Crippen LogP contribution in [0, 0.1) is 11.6 Å². The van der Waals surface area contributed by atoms with Crippen molar-refractivity contribution in [1.29, 1.82) is 0 Å². The van der Waals surface area contributed by atoms with Gasteiger partial charge in [0.25, 0.3) is 0 Å². The Bertz CT molecular complexity index is 604. The second-order valence-electron chi connectivity index (χ2n) is 4.11. The lowest BCUT2D eigenvalue weighted by atomic mass is 10.0. The van der Waals surface area contributed by atoms with Gasteiger partial charge < -0.3 is 5.73 Å². The molecule has 8 heteroatoms. The first-order chi connectivity index (χ1) is 8.63. The summed E-state index contributed by atoms with van der Waals surface area (Å²) in [5.74, 6) is -3.85. The van der Waals surface area contributed by atoms with Gasteiger partial charge in [0.05, 0.1) is 22.4 Å². The Labute approximate surface area is 114 Å². The predicted molar refractivity (Wildman–Crippen MR) is 68.0 cm³/mol. The van der Waals surface area contributed by atoms with Crippen molar-refractivity contribution in [3.63, 3.8) is 0 Å². The molecule has 0 saturated heterocycles. The zero-order valence-corrected chi connectivity index (χ0v) is 11.6. The number of carbonyl (C=O) groups is 1. The molecule has 0 fully saturated rings. The van der Waals surface area contributed by atoms with Crippen molar-refractivity contribution in [2.24, 2.45) is 5.73 Å². The van der Waals surface area contributed by atoms with Crippen molar-refractivity contribution in [1.82, 2.24) is 0 Å². The van der Waals surface area contributed by atoms with Crippen LogP contribution in [-0.2, 0) is 9.84 Å². The first-order valence-electron chi connectivity index (χ1n) is 5.24. The number of sulfone groups is 1. The normalized spacial score (nSPS) is 13.3. The fourth-order valence-electron chi connectivity index (χ4n) is 1.41. The Morgan fingerprint density at radius 3 is 2.53 bits per heavy atom. The quantitative estimate of drug-likeness (QED) is 0.661. The summed E-state index contributed by atoms with van der Waals surface area (Å²) >= 11 is 5.63. The SMILES string of the molecule is CS(=O)(=O)CCC(N)C(=O)c1c(Cl)ccc(F)c1F. The van der Waals surface area contributed by atoms with E-state index >= 15 is 0 Å². The molecule has 0 heterocycles. The highest BCUT2D eigenvalue weighted by Gasteiger charge is 2.25. The van der Waals surface area contributed by atoms with Crippen LogP contribution in [-0.4, -0.2) is 32.3 Å². The standard InChI is InChI=1S/C11H12ClF2NO3S/c1-19(17,18)5-4-8(15)11(16)9-6(12)2-3-7(13)10(9)14/h2-3,8H,4-5,15H2,1H3. The summed E-state index contributed by atoms with van der Waals surface area (Å²) in [6.07, 6.45) is 0.796. The van der Waals surface area contributed by atoms with Gasteiger partial charge in [0, 0.05) is 6.26 Å². The first-order valence-corrected chi connectivity index (χ1v) is 7.68. The number of carbonyl (C=O) groups excluding carboxylic acids is 1. The monoisotopic (exact) mass is 311 g/mol. The molecule has 106 valence electrons. The van der Waals surface area contributed by atoms with Crippen LogP contribution < -0.4 is 5.73 Å². The average molecular weight is 312 g/mol. The highest BCUT2D eigenvalue weighted by Crippen LogP contribution is 2.23. The molecule has 0 spiro atoms. The van der Waals surface area contributed by atoms with E-state index < -0.39 is 38.9 Å². The highest BCUT2D eigenvalue weighted by molar-refractivity contribution is 7.90. The molecule has 19 heavy (non-hydrogen) atoms. The van der Waals surface area contributed by atoms with Gasteiger partial charge in [0.1, 0.15) is 9.84 Å². The molecular formula is C11H12ClF2NO3S. The van der Waals surface area contributed by atoms with Gasteiger partial charge in [-0.1, -0.05) is 11.6 Å². The molecule has 0 bridgehead atoms. The second kappa shape index (κ2) is 5.94. The van der Waals surface area contributed by atoms with Gasteiger partial charge in [-0.2, -0.15) is 0 Å². The molecule has 1 aromatic carbocycles. The summed E-state index contributed by atoms with van der Waals surface area (Å²) in [6.45, 7) is 0. The molecule has 0 amide bonds. The van der Waals surface area contributed by atoms with Gasteiger partial charge in [-0.3, -0.25) is 4.79 Å². The number of rotatable bonds is 5. The zero-order chi connectivity index (χ0) is 14.8. The van der Waals surface area contributed by atoms with E-state index in [-0.39, 0.29) is 17.2 Å². The maximum absolute atomic E-state index is 13.5. The van der Waals surface area contributed by atoms with Crippen LogP contribution in [0.1, 0.15) is 16.8 Å². The van der Waals surface area contributed by atoms with E-state index in [1.54, 1.807) is 0 Å². The van der Waals surface area contributed by atoms with E-state index in [2.05, 4.69) is 0 Å². The van der Waals surface area contributed by atoms with E-state index in [9.17, 15) is 22.0 Å². The fourth-order valence-corrected chi connectivity index (χ4v) is 2.33. The van der Waals surface area contributed by atoms with Crippen molar-refractivity contribution >= 4 is 27.2 Å². The van der Waals surface area contributed by atoms with Crippen LogP contribution >= 0.6 is 11.6 Å². The summed E-state index contributed by atoms with van der Waals surface area (Å²) in [5.41, 5.74) is 4.83. The molecule has 1 unspecified atom stereocenters. The smallest absolute Gasteiger partial charge is 0.184 e. The zero-order valence-electron chi connectivity index (χ0n) is 9.99. The molecule has 0 aliphatic rings. The second-order valence-corrected chi connectivity index (χ2v) is 6.77. The van der Waals surface area contributed by atoms with Crippen LogP contribution in [0.5, 0.6) is 0 Å². The third-order valence-corrected chi connectivity index (χ3v) is 3.72. The number of Topliss-reactive ketones (excluding diaryl/α,β-unsaturated/α-hetero) is 1. The lowest BCUT2D eigenvalue weighted by Gasteiger charge is -2.12. The van der Waals surface area contributed by atoms with Crippen molar-refractivity contribution in [3.05, 3.63) is 34.4 Å². The Morgan fingerprint density at radius 1 is 1.42 bits per heavy atom. The Kier molecular flexibility index (Phi) is 5.00. The highest BCUT2D eigenvalue weighted by atomic mass is 35.5. The van der Waals surface area contributed by atoms with Crippen LogP contribution in [0.3, 0.4) is 0 Å². The van der Waals surface area contributed by atoms with E-state index in [4.69, 9.17) is 17.3 Å². The summed E-state index contributed by atoms with van der Waals surface area (Å²) < 4.78 is 48.4. The molecule has 4 nitrogen and oxygen atoms in total. The third kappa shape index (κ3) is 4.22. The Morgan fingerprint density at radius 2 is 2.00 bits per heavy atom. The van der Waals surface area contributed by atoms with Crippen molar-refractivity contribution in [2.45, 2.75) is 12.5 Å². The minimum atomic E-state index is -3.30. The molecule has 1 rings (SSSR count). The molecule has 1 atom stereocenters. The molecule has 0 saturated carbocycles. The molecular weight excluding hydrogens is 300 g/mol. The number of hydrogen-bond acceptors (Lipinski definition) is 4. The minimum absolute atomic E-state index is 0.191. The third-order valence-electron chi connectivity index (χ3n) is 2.43. The van der Waals surface area contributed by atoms with E-state index in [0.717, 1.165) is 18.4 Å². The molecule has 0 radical (unpaired) electrons. The van der Waals surface area contributed by atoms with Crippen molar-refractivity contribution < 1.29 is 22.0 Å². The van der Waals surface area contributed by atoms with Crippen LogP contribution in [0.4, 0.5) is 8.78 Å². The molecule has 2 N–H and O–H groups in total. The molecule has 0 aliphatic heterocycles. The fraction of sp³-hybridized carbons (Fsp3) is 0.364. The largest absolute Gasteiger partial charge is 0.321 e. The molecule has 0 aliphatic carbocycles. The number of benzene rings is 1. The summed E-state index contributed by atoms with van der Waals surface area (Å²) in [4.78, 5) is 11.8. The van der Waals surface area contributed by atoms with Crippen LogP contribution in [0.25, 0.3) is 0 Å². The summed E-state index contributed by atoms with van der Waals surface area (Å²) in [5, 5.41) is -0.265. The summed E-state index contributed by atoms with van der Waals surface area (Å²) in [6, 6.07) is 0.566. The molecule has 0 aromatic heterocycles. The maximum Gasteiger partial charge on any atom is 0.184 e. The first kappa shape index (κ1) is 16.0. The Hall–Kier alpha value is -1.05. The number of hydrogen-bond donors (Lipinski definition) is 1. The molecule has 1 aromatic rings. The van der Waals surface area contributed by atoms with Gasteiger partial charge in [-0.15, -0.1) is 0 Å². The van der Waals surface area contributed by atoms with Gasteiger partial charge >= 0.3 is 0 Å². The van der Waals surface area contributed by atoms with Crippen molar-refractivity contribution in [2.75, 3.05) is 12.0 Å². The van der Waals surface area contributed by atoms with Gasteiger partial charge in [-0.25, -0.2) is 17.2 Å². The topological polar surface area (TPSA) is 77.2 Å². The summed E-state index contributed by atoms with van der Waals surface area (Å²) in [7, 11) is -3.30. The minimum Gasteiger partial charge on any atom is -0.321 e. The predicted octanol–water partition coefficient (Wildman–Crippen LogP) is 1.56. The average Bonchev–Trinajstić information content (AvgIpc) is 2.30. The Balaban J connectivity index is 2.98. The van der Waals surface area contributed by atoms with Gasteiger partial charge in [0.2, 0.25) is 0 Å². The van der Waals surface area contributed by atoms with Crippen molar-refractivity contribution in [3.8, 4) is 0 Å².